The maximum atomic E-state index is 9.43. The maximum Gasteiger partial charge on any atom is 0.268 e. The summed E-state index contributed by atoms with van der Waals surface area (Å²) >= 11 is 0. The standard InChI is InChI=1S/C24H23N7O/c1-15-21(23-31-30-22(32-23)18-6-4-5-16(11-18)7-9-25)29-19(13-28-15)17-8-10-27-20(12-17)24(2,3)14-26/h4-6,8,10-13H,7,9,25H2,1-3H3. The third kappa shape index (κ3) is 4.24. The lowest BCUT2D eigenvalue weighted by molar-refractivity contribution is 0.581. The predicted octanol–water partition coefficient (Wildman–Crippen LogP) is 3.87. The van der Waals surface area contributed by atoms with Gasteiger partial charge in [0.25, 0.3) is 5.89 Å². The largest absolute Gasteiger partial charge is 0.415 e. The van der Waals surface area contributed by atoms with Crippen LogP contribution in [0.3, 0.4) is 0 Å². The van der Waals surface area contributed by atoms with E-state index in [1.165, 1.54) is 0 Å². The van der Waals surface area contributed by atoms with Gasteiger partial charge in [0.1, 0.15) is 5.69 Å². The molecule has 0 saturated carbocycles. The Morgan fingerprint density at radius 2 is 1.88 bits per heavy atom. The van der Waals surface area contributed by atoms with Crippen LogP contribution in [-0.4, -0.2) is 31.7 Å². The Morgan fingerprint density at radius 1 is 1.06 bits per heavy atom. The minimum absolute atomic E-state index is 0.294. The van der Waals surface area contributed by atoms with Crippen LogP contribution in [0.15, 0.2) is 53.2 Å². The van der Waals surface area contributed by atoms with Crippen molar-refractivity contribution in [2.75, 3.05) is 6.54 Å². The molecule has 1 aromatic carbocycles. The van der Waals surface area contributed by atoms with Crippen molar-refractivity contribution >= 4 is 0 Å². The van der Waals surface area contributed by atoms with Crippen LogP contribution in [0, 0.1) is 18.3 Å². The second-order valence-corrected chi connectivity index (χ2v) is 8.01. The molecule has 3 aromatic heterocycles. The summed E-state index contributed by atoms with van der Waals surface area (Å²) in [7, 11) is 0. The smallest absolute Gasteiger partial charge is 0.268 e. The number of benzene rings is 1. The van der Waals surface area contributed by atoms with Gasteiger partial charge in [-0.25, -0.2) is 4.98 Å². The van der Waals surface area contributed by atoms with Crippen LogP contribution in [0.2, 0.25) is 0 Å². The molecule has 0 bridgehead atoms. The Labute approximate surface area is 186 Å². The molecule has 8 heteroatoms. The van der Waals surface area contributed by atoms with Gasteiger partial charge in [0, 0.05) is 17.3 Å². The van der Waals surface area contributed by atoms with Crippen LogP contribution >= 0.6 is 0 Å². The summed E-state index contributed by atoms with van der Waals surface area (Å²) in [5, 5.41) is 17.8. The van der Waals surface area contributed by atoms with E-state index in [4.69, 9.17) is 15.1 Å². The van der Waals surface area contributed by atoms with E-state index >= 15 is 0 Å². The van der Waals surface area contributed by atoms with Gasteiger partial charge in [0.2, 0.25) is 5.89 Å². The third-order valence-corrected chi connectivity index (χ3v) is 5.17. The molecule has 0 aliphatic heterocycles. The van der Waals surface area contributed by atoms with Crippen LogP contribution in [0.1, 0.15) is 30.8 Å². The SMILES string of the molecule is Cc1ncc(-c2ccnc(C(C)(C)C#N)c2)nc1-c1nnc(-c2cccc(CCN)c2)o1. The maximum absolute atomic E-state index is 9.43. The minimum atomic E-state index is -0.712. The van der Waals surface area contributed by atoms with Crippen LogP contribution < -0.4 is 5.73 Å². The number of aromatic nitrogens is 5. The number of aryl methyl sites for hydroxylation is 1. The van der Waals surface area contributed by atoms with E-state index in [1.54, 1.807) is 12.4 Å². The van der Waals surface area contributed by atoms with Crippen molar-refractivity contribution < 1.29 is 4.42 Å². The zero-order valence-corrected chi connectivity index (χ0v) is 18.2. The molecule has 0 fully saturated rings. The number of hydrogen-bond donors (Lipinski definition) is 1. The Bertz CT molecular complexity index is 1300. The molecule has 0 saturated heterocycles. The fourth-order valence-electron chi connectivity index (χ4n) is 3.24. The normalized spacial score (nSPS) is 11.3. The van der Waals surface area contributed by atoms with Crippen molar-refractivity contribution in [2.24, 2.45) is 5.73 Å². The van der Waals surface area contributed by atoms with Gasteiger partial charge in [-0.05, 0) is 63.6 Å². The molecule has 0 unspecified atom stereocenters. The topological polar surface area (TPSA) is 127 Å². The van der Waals surface area contributed by atoms with Crippen LogP contribution in [0.5, 0.6) is 0 Å². The quantitative estimate of drug-likeness (QED) is 0.493. The molecule has 0 atom stereocenters. The summed E-state index contributed by atoms with van der Waals surface area (Å²) in [5.74, 6) is 0.704. The van der Waals surface area contributed by atoms with Crippen molar-refractivity contribution in [1.82, 2.24) is 25.1 Å². The minimum Gasteiger partial charge on any atom is -0.415 e. The molecule has 4 aromatic rings. The van der Waals surface area contributed by atoms with Gasteiger partial charge in [0.05, 0.1) is 34.8 Å². The summed E-state index contributed by atoms with van der Waals surface area (Å²) < 4.78 is 5.94. The van der Waals surface area contributed by atoms with E-state index in [0.717, 1.165) is 23.1 Å². The van der Waals surface area contributed by atoms with Crippen molar-refractivity contribution in [3.63, 3.8) is 0 Å². The molecule has 0 radical (unpaired) electrons. The molecular weight excluding hydrogens is 402 g/mol. The number of nitrogens with zero attached hydrogens (tertiary/aromatic N) is 6. The number of rotatable bonds is 6. The van der Waals surface area contributed by atoms with Crippen molar-refractivity contribution in [3.8, 4) is 40.4 Å². The molecule has 0 aliphatic carbocycles. The summed E-state index contributed by atoms with van der Waals surface area (Å²) in [5.41, 5.74) is 10.2. The van der Waals surface area contributed by atoms with E-state index in [9.17, 15) is 5.26 Å². The number of nitriles is 1. The Balaban J connectivity index is 1.70. The molecule has 0 spiro atoms. The van der Waals surface area contributed by atoms with Crippen molar-refractivity contribution in [1.29, 1.82) is 5.26 Å². The van der Waals surface area contributed by atoms with Crippen LogP contribution in [0.25, 0.3) is 34.3 Å². The summed E-state index contributed by atoms with van der Waals surface area (Å²) in [6.07, 6.45) is 4.13. The van der Waals surface area contributed by atoms with Gasteiger partial charge in [0.15, 0.2) is 0 Å². The first-order chi connectivity index (χ1) is 15.4. The van der Waals surface area contributed by atoms with Crippen LogP contribution in [-0.2, 0) is 11.8 Å². The molecule has 4 rings (SSSR count). The Kier molecular flexibility index (Phi) is 5.75. The lowest BCUT2D eigenvalue weighted by Gasteiger charge is -2.15. The van der Waals surface area contributed by atoms with Crippen LogP contribution in [0.4, 0.5) is 0 Å². The van der Waals surface area contributed by atoms with Gasteiger partial charge >= 0.3 is 0 Å². The zero-order valence-electron chi connectivity index (χ0n) is 18.2. The highest BCUT2D eigenvalue weighted by Crippen LogP contribution is 2.28. The average molecular weight is 425 g/mol. The lowest BCUT2D eigenvalue weighted by atomic mass is 9.90. The summed E-state index contributed by atoms with van der Waals surface area (Å²) in [4.78, 5) is 13.5. The Hall–Kier alpha value is -3.96. The molecule has 3 heterocycles. The van der Waals surface area contributed by atoms with E-state index in [0.29, 0.717) is 41.1 Å². The zero-order chi connectivity index (χ0) is 22.7. The first-order valence-corrected chi connectivity index (χ1v) is 10.3. The van der Waals surface area contributed by atoms with Gasteiger partial charge in [-0.1, -0.05) is 12.1 Å². The number of pyridine rings is 1. The number of hydrogen-bond acceptors (Lipinski definition) is 8. The van der Waals surface area contributed by atoms with Crippen molar-refractivity contribution in [3.05, 3.63) is 65.7 Å². The molecule has 160 valence electrons. The van der Waals surface area contributed by atoms with Gasteiger partial charge in [-0.15, -0.1) is 10.2 Å². The first-order valence-electron chi connectivity index (χ1n) is 10.3. The monoisotopic (exact) mass is 425 g/mol. The molecular formula is C24H23N7O. The molecule has 8 nitrogen and oxygen atoms in total. The Morgan fingerprint density at radius 3 is 2.66 bits per heavy atom. The number of nitrogens with two attached hydrogens (primary N) is 1. The third-order valence-electron chi connectivity index (χ3n) is 5.17. The van der Waals surface area contributed by atoms with E-state index < -0.39 is 5.41 Å². The molecule has 0 amide bonds. The first kappa shape index (κ1) is 21.3. The molecule has 32 heavy (non-hydrogen) atoms. The second kappa shape index (κ2) is 8.65. The fourth-order valence-corrected chi connectivity index (χ4v) is 3.24. The fraction of sp³-hybridized carbons (Fsp3) is 0.250. The van der Waals surface area contributed by atoms with Gasteiger partial charge in [-0.2, -0.15) is 5.26 Å². The van der Waals surface area contributed by atoms with E-state index in [1.807, 2.05) is 57.2 Å². The van der Waals surface area contributed by atoms with Gasteiger partial charge in [-0.3, -0.25) is 9.97 Å². The molecule has 2 N–H and O–H groups in total. The molecule has 0 aliphatic rings. The highest BCUT2D eigenvalue weighted by Gasteiger charge is 2.22. The van der Waals surface area contributed by atoms with E-state index in [2.05, 4.69) is 26.2 Å². The van der Waals surface area contributed by atoms with Crippen molar-refractivity contribution in [2.45, 2.75) is 32.6 Å². The summed E-state index contributed by atoms with van der Waals surface area (Å²) in [6, 6.07) is 13.8. The predicted molar refractivity (Wildman–Crippen MR) is 120 cm³/mol. The highest BCUT2D eigenvalue weighted by atomic mass is 16.4. The second-order valence-electron chi connectivity index (χ2n) is 8.01. The lowest BCUT2D eigenvalue weighted by Crippen LogP contribution is -2.15. The summed E-state index contributed by atoms with van der Waals surface area (Å²) in [6.45, 7) is 6.07. The van der Waals surface area contributed by atoms with E-state index in [-0.39, 0.29) is 0 Å². The average Bonchev–Trinajstić information content (AvgIpc) is 3.30. The highest BCUT2D eigenvalue weighted by molar-refractivity contribution is 5.64. The van der Waals surface area contributed by atoms with Gasteiger partial charge < -0.3 is 10.2 Å².